The van der Waals surface area contributed by atoms with Crippen LogP contribution in [-0.4, -0.2) is 6.54 Å². The summed E-state index contributed by atoms with van der Waals surface area (Å²) in [6.45, 7) is 6.77. The maximum Gasteiger partial charge on any atom is 0.122 e. The van der Waals surface area contributed by atoms with Gasteiger partial charge in [0.25, 0.3) is 0 Å². The summed E-state index contributed by atoms with van der Waals surface area (Å²) in [5.74, 6) is 0.919. The van der Waals surface area contributed by atoms with Crippen molar-refractivity contribution in [3.05, 3.63) is 50.1 Å². The van der Waals surface area contributed by atoms with Crippen LogP contribution >= 0.6 is 27.3 Å². The van der Waals surface area contributed by atoms with Crippen LogP contribution in [0.15, 0.2) is 34.8 Å². The highest BCUT2D eigenvalue weighted by molar-refractivity contribution is 9.10. The first-order chi connectivity index (χ1) is 9.19. The molecule has 0 saturated heterocycles. The van der Waals surface area contributed by atoms with Gasteiger partial charge in [0.2, 0.25) is 0 Å². The first kappa shape index (κ1) is 14.6. The van der Waals surface area contributed by atoms with Crippen molar-refractivity contribution in [3.8, 4) is 5.75 Å². The van der Waals surface area contributed by atoms with E-state index in [2.05, 4.69) is 53.3 Å². The van der Waals surface area contributed by atoms with Crippen molar-refractivity contribution in [1.29, 1.82) is 0 Å². The van der Waals surface area contributed by atoms with E-state index in [4.69, 9.17) is 4.74 Å². The molecule has 1 heterocycles. The molecule has 19 heavy (non-hydrogen) atoms. The van der Waals surface area contributed by atoms with Crippen LogP contribution in [0.3, 0.4) is 0 Å². The molecular weight excluding hydrogens is 322 g/mol. The average molecular weight is 340 g/mol. The van der Waals surface area contributed by atoms with Gasteiger partial charge >= 0.3 is 0 Å². The summed E-state index contributed by atoms with van der Waals surface area (Å²) in [5.41, 5.74) is 1.19. The summed E-state index contributed by atoms with van der Waals surface area (Å²) < 4.78 is 6.93. The predicted octanol–water partition coefficient (Wildman–Crippen LogP) is 4.51. The van der Waals surface area contributed by atoms with Crippen LogP contribution in [0.2, 0.25) is 0 Å². The lowest BCUT2D eigenvalue weighted by atomic mass is 10.2. The molecule has 2 nitrogen and oxygen atoms in total. The highest BCUT2D eigenvalue weighted by atomic mass is 79.9. The summed E-state index contributed by atoms with van der Waals surface area (Å²) in [7, 11) is 0. The Labute approximate surface area is 126 Å². The molecule has 0 saturated carbocycles. The second-order valence-corrected chi connectivity index (χ2v) is 6.46. The number of thiophene rings is 1. The molecule has 1 aromatic heterocycles. The summed E-state index contributed by atoms with van der Waals surface area (Å²) in [4.78, 5) is 2.61. The maximum absolute atomic E-state index is 5.81. The molecule has 0 bridgehead atoms. The number of rotatable bonds is 6. The molecule has 0 aliphatic rings. The van der Waals surface area contributed by atoms with E-state index in [0.29, 0.717) is 6.61 Å². The van der Waals surface area contributed by atoms with E-state index in [0.717, 1.165) is 23.3 Å². The lowest BCUT2D eigenvalue weighted by Gasteiger charge is -2.06. The molecule has 0 radical (unpaired) electrons. The zero-order valence-electron chi connectivity index (χ0n) is 11.2. The van der Waals surface area contributed by atoms with Crippen LogP contribution in [0.4, 0.5) is 0 Å². The van der Waals surface area contributed by atoms with Crippen LogP contribution in [0.25, 0.3) is 0 Å². The number of ether oxygens (including phenoxy) is 1. The second kappa shape index (κ2) is 7.08. The fourth-order valence-electron chi connectivity index (χ4n) is 1.70. The number of hydrogen-bond acceptors (Lipinski definition) is 3. The highest BCUT2D eigenvalue weighted by Crippen LogP contribution is 2.23. The topological polar surface area (TPSA) is 21.3 Å². The van der Waals surface area contributed by atoms with Crippen LogP contribution in [0.1, 0.15) is 22.2 Å². The van der Waals surface area contributed by atoms with Crippen LogP contribution in [0.5, 0.6) is 5.75 Å². The molecule has 0 unspecified atom stereocenters. The minimum absolute atomic E-state index is 0.637. The minimum atomic E-state index is 0.637. The number of halogens is 1. The smallest absolute Gasteiger partial charge is 0.122 e. The summed E-state index contributed by atoms with van der Waals surface area (Å²) in [6, 6.07) is 10.4. The number of benzene rings is 1. The molecule has 0 amide bonds. The Morgan fingerprint density at radius 2 is 2.00 bits per heavy atom. The molecule has 0 spiro atoms. The Morgan fingerprint density at radius 1 is 1.21 bits per heavy atom. The van der Waals surface area contributed by atoms with Gasteiger partial charge in [-0.3, -0.25) is 0 Å². The van der Waals surface area contributed by atoms with Gasteiger partial charge in [-0.25, -0.2) is 0 Å². The second-order valence-electron chi connectivity index (χ2n) is 4.35. The maximum atomic E-state index is 5.81. The Kier molecular flexibility index (Phi) is 5.43. The molecular formula is C15H18BrNOS. The van der Waals surface area contributed by atoms with E-state index in [1.807, 2.05) is 12.1 Å². The zero-order valence-corrected chi connectivity index (χ0v) is 13.6. The quantitative estimate of drug-likeness (QED) is 0.836. The summed E-state index contributed by atoms with van der Waals surface area (Å²) >= 11 is 5.29. The van der Waals surface area contributed by atoms with Crippen molar-refractivity contribution in [2.75, 3.05) is 6.54 Å². The van der Waals surface area contributed by atoms with Gasteiger partial charge in [0, 0.05) is 20.8 Å². The number of aryl methyl sites for hydroxylation is 1. The molecule has 0 atom stereocenters. The fourth-order valence-corrected chi connectivity index (χ4v) is 2.85. The molecule has 0 aliphatic heterocycles. The van der Waals surface area contributed by atoms with E-state index >= 15 is 0 Å². The van der Waals surface area contributed by atoms with Gasteiger partial charge < -0.3 is 10.1 Å². The summed E-state index contributed by atoms with van der Waals surface area (Å²) in [5, 5.41) is 3.33. The number of nitrogens with one attached hydrogen (secondary N) is 1. The minimum Gasteiger partial charge on any atom is -0.488 e. The third-order valence-electron chi connectivity index (χ3n) is 2.78. The molecule has 2 aromatic rings. The van der Waals surface area contributed by atoms with Crippen molar-refractivity contribution in [3.63, 3.8) is 0 Å². The average Bonchev–Trinajstić information content (AvgIpc) is 2.86. The van der Waals surface area contributed by atoms with Crippen molar-refractivity contribution < 1.29 is 4.74 Å². The predicted molar refractivity (Wildman–Crippen MR) is 84.9 cm³/mol. The van der Waals surface area contributed by atoms with E-state index in [9.17, 15) is 0 Å². The van der Waals surface area contributed by atoms with Gasteiger partial charge in [-0.15, -0.1) is 11.3 Å². The van der Waals surface area contributed by atoms with Gasteiger partial charge in [0.15, 0.2) is 0 Å². The van der Waals surface area contributed by atoms with Crippen molar-refractivity contribution in [2.45, 2.75) is 27.0 Å². The SMILES string of the molecule is CCNCc1ccc(COc2ccc(Br)c(C)c2)s1. The first-order valence-electron chi connectivity index (χ1n) is 6.36. The fraction of sp³-hybridized carbons (Fsp3) is 0.333. The van der Waals surface area contributed by atoms with E-state index in [1.54, 1.807) is 11.3 Å². The third kappa shape index (κ3) is 4.34. The van der Waals surface area contributed by atoms with Crippen molar-refractivity contribution >= 4 is 27.3 Å². The van der Waals surface area contributed by atoms with Gasteiger partial charge in [-0.2, -0.15) is 0 Å². The van der Waals surface area contributed by atoms with Gasteiger partial charge in [-0.1, -0.05) is 22.9 Å². The molecule has 0 fully saturated rings. The molecule has 2 rings (SSSR count). The normalized spacial score (nSPS) is 10.7. The first-order valence-corrected chi connectivity index (χ1v) is 7.97. The lowest BCUT2D eigenvalue weighted by molar-refractivity contribution is 0.309. The van der Waals surface area contributed by atoms with Crippen LogP contribution < -0.4 is 10.1 Å². The molecule has 1 aromatic carbocycles. The van der Waals surface area contributed by atoms with Gasteiger partial charge in [-0.05, 0) is 49.4 Å². The standard InChI is InChI=1S/C15H18BrNOS/c1-3-17-9-13-5-6-14(19-13)10-18-12-4-7-15(16)11(2)8-12/h4-8,17H,3,9-10H2,1-2H3. The Morgan fingerprint density at radius 3 is 2.74 bits per heavy atom. The molecule has 1 N–H and O–H groups in total. The van der Waals surface area contributed by atoms with Crippen LogP contribution in [0, 0.1) is 6.92 Å². The summed E-state index contributed by atoms with van der Waals surface area (Å²) in [6.07, 6.45) is 0. The molecule has 102 valence electrons. The monoisotopic (exact) mass is 339 g/mol. The largest absolute Gasteiger partial charge is 0.488 e. The van der Waals surface area contributed by atoms with Gasteiger partial charge in [0.1, 0.15) is 12.4 Å². The Balaban J connectivity index is 1.91. The molecule has 4 heteroatoms. The van der Waals surface area contributed by atoms with Crippen LogP contribution in [-0.2, 0) is 13.2 Å². The van der Waals surface area contributed by atoms with E-state index in [-0.39, 0.29) is 0 Å². The van der Waals surface area contributed by atoms with Crippen molar-refractivity contribution in [1.82, 2.24) is 5.32 Å². The van der Waals surface area contributed by atoms with E-state index in [1.165, 1.54) is 15.3 Å². The van der Waals surface area contributed by atoms with E-state index < -0.39 is 0 Å². The van der Waals surface area contributed by atoms with Crippen molar-refractivity contribution in [2.24, 2.45) is 0 Å². The number of hydrogen-bond donors (Lipinski definition) is 1. The third-order valence-corrected chi connectivity index (χ3v) is 4.73. The zero-order chi connectivity index (χ0) is 13.7. The van der Waals surface area contributed by atoms with Gasteiger partial charge in [0.05, 0.1) is 0 Å². The Hall–Kier alpha value is -0.840. The lowest BCUT2D eigenvalue weighted by Crippen LogP contribution is -2.10. The molecule has 0 aliphatic carbocycles. The highest BCUT2D eigenvalue weighted by Gasteiger charge is 2.02. The Bertz CT molecular complexity index is 539.